The first-order valence-electron chi connectivity index (χ1n) is 5.79. The molecule has 2 N–H and O–H groups in total. The van der Waals surface area contributed by atoms with Crippen molar-refractivity contribution < 1.29 is 0 Å². The maximum Gasteiger partial charge on any atom is -0.000834 e. The Balaban J connectivity index is 2.89. The van der Waals surface area contributed by atoms with E-state index in [4.69, 9.17) is 5.73 Å². The second-order valence-electron chi connectivity index (χ2n) is 5.21. The van der Waals surface area contributed by atoms with Crippen molar-refractivity contribution in [2.24, 2.45) is 5.73 Å². The lowest BCUT2D eigenvalue weighted by atomic mass is 9.85. The zero-order chi connectivity index (χ0) is 11.5. The van der Waals surface area contributed by atoms with Gasteiger partial charge >= 0.3 is 0 Å². The van der Waals surface area contributed by atoms with Gasteiger partial charge in [-0.05, 0) is 35.4 Å². The summed E-state index contributed by atoms with van der Waals surface area (Å²) in [4.78, 5) is 0. The van der Waals surface area contributed by atoms with Crippen LogP contribution in [0.25, 0.3) is 0 Å². The smallest absolute Gasteiger partial charge is 0.000834 e. The van der Waals surface area contributed by atoms with Gasteiger partial charge in [-0.3, -0.25) is 0 Å². The molecule has 0 aliphatic heterocycles. The first-order valence-corrected chi connectivity index (χ1v) is 5.79. The molecule has 84 valence electrons. The van der Waals surface area contributed by atoms with E-state index in [0.29, 0.717) is 5.92 Å². The normalized spacial score (nSPS) is 13.9. The molecule has 0 aliphatic rings. The molecule has 0 fully saturated rings. The molecule has 15 heavy (non-hydrogen) atoms. The van der Waals surface area contributed by atoms with E-state index in [2.05, 4.69) is 52.0 Å². The summed E-state index contributed by atoms with van der Waals surface area (Å²) < 4.78 is 0. The largest absolute Gasteiger partial charge is 0.330 e. The standard InChI is InChI=1S/C14H23N/c1-5-11(10-15)12-6-8-13(9-7-12)14(2,3)4/h6-9,11H,5,10,15H2,1-4H3/t11-/m1/s1. The fraction of sp³-hybridized carbons (Fsp3) is 0.571. The van der Waals surface area contributed by atoms with Crippen LogP contribution in [0.4, 0.5) is 0 Å². The monoisotopic (exact) mass is 205 g/mol. The molecule has 0 spiro atoms. The summed E-state index contributed by atoms with van der Waals surface area (Å²) >= 11 is 0. The Bertz CT molecular complexity index is 288. The SMILES string of the molecule is CC[C@H](CN)c1ccc(C(C)(C)C)cc1. The van der Waals surface area contributed by atoms with Crippen LogP contribution in [0, 0.1) is 0 Å². The lowest BCUT2D eigenvalue weighted by Gasteiger charge is -2.20. The van der Waals surface area contributed by atoms with Gasteiger partial charge in [0, 0.05) is 0 Å². The van der Waals surface area contributed by atoms with Crippen molar-refractivity contribution in [3.63, 3.8) is 0 Å². The highest BCUT2D eigenvalue weighted by molar-refractivity contribution is 5.29. The maximum absolute atomic E-state index is 5.74. The van der Waals surface area contributed by atoms with Crippen LogP contribution in [0.3, 0.4) is 0 Å². The summed E-state index contributed by atoms with van der Waals surface area (Å²) in [6.45, 7) is 9.65. The van der Waals surface area contributed by atoms with Gasteiger partial charge in [-0.15, -0.1) is 0 Å². The van der Waals surface area contributed by atoms with Crippen molar-refractivity contribution in [2.75, 3.05) is 6.54 Å². The summed E-state index contributed by atoms with van der Waals surface area (Å²) in [5.41, 5.74) is 8.73. The second-order valence-corrected chi connectivity index (χ2v) is 5.21. The van der Waals surface area contributed by atoms with Gasteiger partial charge in [-0.1, -0.05) is 52.0 Å². The van der Waals surface area contributed by atoms with Crippen LogP contribution in [0.5, 0.6) is 0 Å². The summed E-state index contributed by atoms with van der Waals surface area (Å²) in [6.07, 6.45) is 1.12. The van der Waals surface area contributed by atoms with Crippen molar-refractivity contribution in [3.05, 3.63) is 35.4 Å². The van der Waals surface area contributed by atoms with Crippen molar-refractivity contribution in [3.8, 4) is 0 Å². The number of nitrogens with two attached hydrogens (primary N) is 1. The minimum atomic E-state index is 0.239. The van der Waals surface area contributed by atoms with Gasteiger partial charge in [0.25, 0.3) is 0 Å². The molecule has 0 radical (unpaired) electrons. The van der Waals surface area contributed by atoms with Crippen LogP contribution in [-0.4, -0.2) is 6.54 Å². The highest BCUT2D eigenvalue weighted by Gasteiger charge is 2.14. The highest BCUT2D eigenvalue weighted by atomic mass is 14.5. The fourth-order valence-electron chi connectivity index (χ4n) is 1.79. The van der Waals surface area contributed by atoms with Crippen LogP contribution in [0.15, 0.2) is 24.3 Å². The first-order chi connectivity index (χ1) is 6.99. The van der Waals surface area contributed by atoms with Gasteiger partial charge in [-0.2, -0.15) is 0 Å². The van der Waals surface area contributed by atoms with Crippen LogP contribution in [-0.2, 0) is 5.41 Å². The zero-order valence-electron chi connectivity index (χ0n) is 10.4. The van der Waals surface area contributed by atoms with Crippen molar-refractivity contribution in [1.29, 1.82) is 0 Å². The van der Waals surface area contributed by atoms with E-state index >= 15 is 0 Å². The molecular weight excluding hydrogens is 182 g/mol. The third-order valence-electron chi connectivity index (χ3n) is 3.03. The third kappa shape index (κ3) is 3.07. The Morgan fingerprint density at radius 3 is 2.00 bits per heavy atom. The van der Waals surface area contributed by atoms with Crippen LogP contribution >= 0.6 is 0 Å². The average Bonchev–Trinajstić information content (AvgIpc) is 2.19. The number of benzene rings is 1. The van der Waals surface area contributed by atoms with E-state index < -0.39 is 0 Å². The Hall–Kier alpha value is -0.820. The molecule has 0 saturated carbocycles. The molecular formula is C14H23N. The number of hydrogen-bond donors (Lipinski definition) is 1. The molecule has 1 aromatic carbocycles. The topological polar surface area (TPSA) is 26.0 Å². The van der Waals surface area contributed by atoms with Gasteiger partial charge < -0.3 is 5.73 Å². The molecule has 1 atom stereocenters. The molecule has 0 aliphatic carbocycles. The summed E-state index contributed by atoms with van der Waals surface area (Å²) in [7, 11) is 0. The van der Waals surface area contributed by atoms with E-state index in [9.17, 15) is 0 Å². The second kappa shape index (κ2) is 4.80. The van der Waals surface area contributed by atoms with E-state index in [1.54, 1.807) is 0 Å². The first kappa shape index (κ1) is 12.3. The summed E-state index contributed by atoms with van der Waals surface area (Å²) in [5.74, 6) is 0.513. The van der Waals surface area contributed by atoms with Gasteiger partial charge in [0.15, 0.2) is 0 Å². The molecule has 0 aromatic heterocycles. The van der Waals surface area contributed by atoms with Crippen LogP contribution in [0.2, 0.25) is 0 Å². The quantitative estimate of drug-likeness (QED) is 0.803. The molecule has 0 unspecified atom stereocenters. The lowest BCUT2D eigenvalue weighted by Crippen LogP contribution is -2.13. The molecule has 1 nitrogen and oxygen atoms in total. The predicted molar refractivity (Wildman–Crippen MR) is 67.2 cm³/mol. The number of hydrogen-bond acceptors (Lipinski definition) is 1. The van der Waals surface area contributed by atoms with E-state index in [1.807, 2.05) is 0 Å². The minimum absolute atomic E-state index is 0.239. The van der Waals surface area contributed by atoms with Crippen LogP contribution in [0.1, 0.15) is 51.2 Å². The molecule has 0 saturated heterocycles. The predicted octanol–water partition coefficient (Wildman–Crippen LogP) is 3.44. The van der Waals surface area contributed by atoms with E-state index in [1.165, 1.54) is 11.1 Å². The van der Waals surface area contributed by atoms with E-state index in [0.717, 1.165) is 13.0 Å². The van der Waals surface area contributed by atoms with Gasteiger partial charge in [0.05, 0.1) is 0 Å². The lowest BCUT2D eigenvalue weighted by molar-refractivity contribution is 0.588. The minimum Gasteiger partial charge on any atom is -0.330 e. The molecule has 1 heteroatoms. The molecule has 0 bridgehead atoms. The summed E-state index contributed by atoms with van der Waals surface area (Å²) in [6, 6.07) is 8.91. The Morgan fingerprint density at radius 1 is 1.13 bits per heavy atom. The molecule has 0 amide bonds. The van der Waals surface area contributed by atoms with Crippen LogP contribution < -0.4 is 5.73 Å². The maximum atomic E-state index is 5.74. The van der Waals surface area contributed by atoms with Crippen molar-refractivity contribution >= 4 is 0 Å². The van der Waals surface area contributed by atoms with Gasteiger partial charge in [0.2, 0.25) is 0 Å². The van der Waals surface area contributed by atoms with Gasteiger partial charge in [0.1, 0.15) is 0 Å². The number of rotatable bonds is 3. The third-order valence-corrected chi connectivity index (χ3v) is 3.03. The Kier molecular flexibility index (Phi) is 3.92. The molecule has 1 rings (SSSR count). The average molecular weight is 205 g/mol. The Labute approximate surface area is 93.7 Å². The van der Waals surface area contributed by atoms with Gasteiger partial charge in [-0.25, -0.2) is 0 Å². The Morgan fingerprint density at radius 2 is 1.67 bits per heavy atom. The van der Waals surface area contributed by atoms with E-state index in [-0.39, 0.29) is 5.41 Å². The highest BCUT2D eigenvalue weighted by Crippen LogP contribution is 2.25. The fourth-order valence-corrected chi connectivity index (χ4v) is 1.79. The zero-order valence-corrected chi connectivity index (χ0v) is 10.4. The van der Waals surface area contributed by atoms with Crippen molar-refractivity contribution in [1.82, 2.24) is 0 Å². The van der Waals surface area contributed by atoms with Crippen molar-refractivity contribution in [2.45, 2.75) is 45.4 Å². The molecule has 1 aromatic rings. The molecule has 0 heterocycles. The summed E-state index contributed by atoms with van der Waals surface area (Å²) in [5, 5.41) is 0.